The standard InChI is InChI=1S/C12H19N3O4/c1-3-15(6-4-5-13)12(18)14(2)10-8-19-7-9(10)11(16)17/h9-10H,3-4,6-8H2,1-2H3,(H,16,17). The molecule has 1 N–H and O–H groups in total. The van der Waals surface area contributed by atoms with Crippen molar-refractivity contribution in [3.8, 4) is 6.07 Å². The van der Waals surface area contributed by atoms with E-state index in [0.717, 1.165) is 0 Å². The predicted molar refractivity (Wildman–Crippen MR) is 66.4 cm³/mol. The van der Waals surface area contributed by atoms with Crippen LogP contribution < -0.4 is 0 Å². The normalized spacial score (nSPS) is 21.7. The zero-order chi connectivity index (χ0) is 14.4. The first-order valence-corrected chi connectivity index (χ1v) is 6.22. The molecule has 7 heteroatoms. The van der Waals surface area contributed by atoms with Crippen molar-refractivity contribution in [1.29, 1.82) is 5.26 Å². The highest BCUT2D eigenvalue weighted by atomic mass is 16.5. The number of carbonyl (C=O) groups is 2. The maximum atomic E-state index is 12.2. The Morgan fingerprint density at radius 2 is 2.16 bits per heavy atom. The van der Waals surface area contributed by atoms with Gasteiger partial charge in [-0.25, -0.2) is 4.79 Å². The number of aliphatic carboxylic acids is 1. The van der Waals surface area contributed by atoms with Crippen LogP contribution in [0, 0.1) is 17.2 Å². The van der Waals surface area contributed by atoms with Gasteiger partial charge in [0.25, 0.3) is 0 Å². The van der Waals surface area contributed by atoms with Gasteiger partial charge in [-0.05, 0) is 6.92 Å². The molecule has 1 heterocycles. The summed E-state index contributed by atoms with van der Waals surface area (Å²) in [5.41, 5.74) is 0. The van der Waals surface area contributed by atoms with Crippen molar-refractivity contribution in [3.05, 3.63) is 0 Å². The van der Waals surface area contributed by atoms with Crippen molar-refractivity contribution in [2.75, 3.05) is 33.4 Å². The number of hydrogen-bond donors (Lipinski definition) is 1. The molecular weight excluding hydrogens is 250 g/mol. The molecule has 0 aliphatic carbocycles. The van der Waals surface area contributed by atoms with Crippen LogP contribution in [0.25, 0.3) is 0 Å². The van der Waals surface area contributed by atoms with E-state index in [4.69, 9.17) is 15.1 Å². The fourth-order valence-electron chi connectivity index (χ4n) is 2.10. The van der Waals surface area contributed by atoms with Crippen molar-refractivity contribution in [3.63, 3.8) is 0 Å². The summed E-state index contributed by atoms with van der Waals surface area (Å²) in [7, 11) is 1.58. The molecule has 0 bridgehead atoms. The predicted octanol–water partition coefficient (Wildman–Crippen LogP) is 0.373. The average Bonchev–Trinajstić information content (AvgIpc) is 2.87. The van der Waals surface area contributed by atoms with Gasteiger partial charge in [0.1, 0.15) is 5.92 Å². The van der Waals surface area contributed by atoms with E-state index in [2.05, 4.69) is 0 Å². The Morgan fingerprint density at radius 3 is 2.68 bits per heavy atom. The number of ether oxygens (including phenoxy) is 1. The van der Waals surface area contributed by atoms with E-state index in [9.17, 15) is 9.59 Å². The summed E-state index contributed by atoms with van der Waals surface area (Å²) in [6.07, 6.45) is 0.261. The Bertz CT molecular complexity index is 380. The Labute approximate surface area is 112 Å². The molecule has 7 nitrogen and oxygen atoms in total. The van der Waals surface area contributed by atoms with Crippen LogP contribution in [0.15, 0.2) is 0 Å². The largest absolute Gasteiger partial charge is 0.481 e. The van der Waals surface area contributed by atoms with Crippen LogP contribution in [-0.4, -0.2) is 66.3 Å². The maximum Gasteiger partial charge on any atom is 0.320 e. The van der Waals surface area contributed by atoms with E-state index >= 15 is 0 Å². The number of urea groups is 1. The first kappa shape index (κ1) is 15.2. The smallest absolute Gasteiger partial charge is 0.320 e. The number of rotatable bonds is 5. The number of hydrogen-bond acceptors (Lipinski definition) is 4. The number of nitriles is 1. The zero-order valence-corrected chi connectivity index (χ0v) is 11.2. The lowest BCUT2D eigenvalue weighted by molar-refractivity contribution is -0.142. The summed E-state index contributed by atoms with van der Waals surface area (Å²) in [4.78, 5) is 26.2. The summed E-state index contributed by atoms with van der Waals surface area (Å²) < 4.78 is 5.15. The molecule has 1 aliphatic heterocycles. The van der Waals surface area contributed by atoms with Gasteiger partial charge < -0.3 is 19.6 Å². The lowest BCUT2D eigenvalue weighted by Crippen LogP contribution is -2.50. The topological polar surface area (TPSA) is 93.9 Å². The molecule has 0 radical (unpaired) electrons. The molecule has 1 fully saturated rings. The molecule has 0 saturated carbocycles. The molecule has 0 aromatic rings. The minimum Gasteiger partial charge on any atom is -0.481 e. The van der Waals surface area contributed by atoms with Crippen molar-refractivity contribution in [2.45, 2.75) is 19.4 Å². The maximum absolute atomic E-state index is 12.2. The number of carboxylic acid groups (broad SMARTS) is 1. The monoisotopic (exact) mass is 269 g/mol. The molecule has 2 unspecified atom stereocenters. The summed E-state index contributed by atoms with van der Waals surface area (Å²) >= 11 is 0. The van der Waals surface area contributed by atoms with E-state index in [0.29, 0.717) is 13.1 Å². The van der Waals surface area contributed by atoms with Gasteiger partial charge >= 0.3 is 12.0 Å². The number of likely N-dealkylation sites (N-methyl/N-ethyl adjacent to an activating group) is 1. The third-order valence-corrected chi connectivity index (χ3v) is 3.31. The third-order valence-electron chi connectivity index (χ3n) is 3.31. The SMILES string of the molecule is CCN(CCC#N)C(=O)N(C)C1COCC1C(=O)O. The first-order chi connectivity index (χ1) is 9.02. The molecule has 1 aliphatic rings. The number of carbonyl (C=O) groups excluding carboxylic acids is 1. The highest BCUT2D eigenvalue weighted by molar-refractivity contribution is 5.77. The highest BCUT2D eigenvalue weighted by Crippen LogP contribution is 2.20. The summed E-state index contributed by atoms with van der Waals surface area (Å²) in [6.45, 7) is 3.01. The first-order valence-electron chi connectivity index (χ1n) is 6.22. The van der Waals surface area contributed by atoms with Crippen LogP contribution in [0.2, 0.25) is 0 Å². The van der Waals surface area contributed by atoms with E-state index < -0.39 is 17.9 Å². The second-order valence-corrected chi connectivity index (χ2v) is 4.43. The van der Waals surface area contributed by atoms with Crippen LogP contribution in [0.3, 0.4) is 0 Å². The molecule has 1 saturated heterocycles. The Morgan fingerprint density at radius 1 is 1.47 bits per heavy atom. The van der Waals surface area contributed by atoms with Gasteiger partial charge in [0.2, 0.25) is 0 Å². The molecule has 0 aromatic heterocycles. The van der Waals surface area contributed by atoms with E-state index in [1.165, 1.54) is 9.80 Å². The van der Waals surface area contributed by atoms with E-state index in [-0.39, 0.29) is 25.7 Å². The molecule has 1 rings (SSSR count). The van der Waals surface area contributed by atoms with Crippen LogP contribution in [0.5, 0.6) is 0 Å². The van der Waals surface area contributed by atoms with Crippen LogP contribution in [-0.2, 0) is 9.53 Å². The third kappa shape index (κ3) is 3.58. The van der Waals surface area contributed by atoms with Crippen molar-refractivity contribution in [2.24, 2.45) is 5.92 Å². The molecule has 106 valence electrons. The molecule has 2 atom stereocenters. The quantitative estimate of drug-likeness (QED) is 0.778. The van der Waals surface area contributed by atoms with Crippen molar-refractivity contribution >= 4 is 12.0 Å². The number of amides is 2. The van der Waals surface area contributed by atoms with Gasteiger partial charge in [-0.1, -0.05) is 0 Å². The fourth-order valence-corrected chi connectivity index (χ4v) is 2.10. The van der Waals surface area contributed by atoms with Crippen LogP contribution in [0.4, 0.5) is 4.79 Å². The second-order valence-electron chi connectivity index (χ2n) is 4.43. The molecule has 0 spiro atoms. The van der Waals surface area contributed by atoms with E-state index in [1.807, 2.05) is 13.0 Å². The molecular formula is C12H19N3O4. The van der Waals surface area contributed by atoms with Crippen LogP contribution in [0.1, 0.15) is 13.3 Å². The lowest BCUT2D eigenvalue weighted by Gasteiger charge is -2.31. The van der Waals surface area contributed by atoms with Crippen LogP contribution >= 0.6 is 0 Å². The molecule has 2 amide bonds. The zero-order valence-electron chi connectivity index (χ0n) is 11.2. The Hall–Kier alpha value is -1.81. The minimum absolute atomic E-state index is 0.127. The van der Waals surface area contributed by atoms with Gasteiger partial charge in [-0.15, -0.1) is 0 Å². The van der Waals surface area contributed by atoms with Gasteiger partial charge in [-0.3, -0.25) is 4.79 Å². The molecule has 0 aromatic carbocycles. The summed E-state index contributed by atoms with van der Waals surface area (Å²) in [5, 5.41) is 17.6. The summed E-state index contributed by atoms with van der Waals surface area (Å²) in [6, 6.07) is 1.27. The fraction of sp³-hybridized carbons (Fsp3) is 0.750. The van der Waals surface area contributed by atoms with E-state index in [1.54, 1.807) is 7.05 Å². The number of carboxylic acids is 1. The van der Waals surface area contributed by atoms with Crippen molar-refractivity contribution < 1.29 is 19.4 Å². The lowest BCUT2D eigenvalue weighted by atomic mass is 10.0. The minimum atomic E-state index is -0.956. The van der Waals surface area contributed by atoms with Crippen molar-refractivity contribution in [1.82, 2.24) is 9.80 Å². The van der Waals surface area contributed by atoms with Gasteiger partial charge in [0.05, 0.1) is 31.7 Å². The van der Waals surface area contributed by atoms with Gasteiger partial charge in [-0.2, -0.15) is 5.26 Å². The number of nitrogens with zero attached hydrogens (tertiary/aromatic N) is 3. The van der Waals surface area contributed by atoms with Gasteiger partial charge in [0.15, 0.2) is 0 Å². The molecule has 19 heavy (non-hydrogen) atoms. The highest BCUT2D eigenvalue weighted by Gasteiger charge is 2.39. The van der Waals surface area contributed by atoms with Gasteiger partial charge in [0, 0.05) is 20.1 Å². The Kier molecular flexibility index (Phi) is 5.57. The second kappa shape index (κ2) is 6.95. The average molecular weight is 269 g/mol. The summed E-state index contributed by atoms with van der Waals surface area (Å²) in [5.74, 6) is -1.65. The Balaban J connectivity index is 2.69.